The predicted octanol–water partition coefficient (Wildman–Crippen LogP) is 5.49. The van der Waals surface area contributed by atoms with Gasteiger partial charge in [0.25, 0.3) is 0 Å². The Morgan fingerprint density at radius 2 is 2.11 bits per heavy atom. The molecule has 0 saturated heterocycles. The van der Waals surface area contributed by atoms with E-state index in [1.807, 2.05) is 18.4 Å². The van der Waals surface area contributed by atoms with E-state index in [2.05, 4.69) is 16.9 Å². The van der Waals surface area contributed by atoms with Gasteiger partial charge in [0.2, 0.25) is 0 Å². The maximum absolute atomic E-state index is 14.4. The van der Waals surface area contributed by atoms with Gasteiger partial charge in [-0.25, -0.2) is 13.8 Å². The molecule has 3 N–H and O–H groups in total. The molecule has 28 heavy (non-hydrogen) atoms. The fraction of sp³-hybridized carbons (Fsp3) is 0.150. The second-order valence-corrected chi connectivity index (χ2v) is 6.97. The van der Waals surface area contributed by atoms with Crippen molar-refractivity contribution in [3.8, 4) is 5.75 Å². The number of nitrogens with one attached hydrogen (secondary N) is 1. The van der Waals surface area contributed by atoms with Crippen molar-refractivity contribution in [2.45, 2.75) is 5.75 Å². The van der Waals surface area contributed by atoms with Crippen LogP contribution in [-0.4, -0.2) is 19.1 Å². The topological polar surface area (TPSA) is 59.6 Å². The summed E-state index contributed by atoms with van der Waals surface area (Å²) >= 11 is 7.80. The Morgan fingerprint density at radius 3 is 2.75 bits per heavy atom. The molecule has 0 fully saturated rings. The molecule has 0 aliphatic heterocycles. The molecule has 0 amide bonds. The van der Waals surface area contributed by atoms with E-state index in [1.54, 1.807) is 17.8 Å². The van der Waals surface area contributed by atoms with Crippen LogP contribution >= 0.6 is 23.4 Å². The van der Waals surface area contributed by atoms with Gasteiger partial charge in [0, 0.05) is 34.3 Å². The monoisotopic (exact) mass is 423 g/mol. The number of benzene rings is 2. The van der Waals surface area contributed by atoms with E-state index in [4.69, 9.17) is 22.1 Å². The third kappa shape index (κ3) is 5.74. The fourth-order valence-electron chi connectivity index (χ4n) is 2.48. The summed E-state index contributed by atoms with van der Waals surface area (Å²) in [6.07, 6.45) is 2.76. The Morgan fingerprint density at radius 1 is 1.36 bits per heavy atom. The van der Waals surface area contributed by atoms with E-state index in [9.17, 15) is 8.78 Å². The van der Waals surface area contributed by atoms with Crippen molar-refractivity contribution < 1.29 is 13.5 Å². The lowest BCUT2D eigenvalue weighted by Gasteiger charge is -2.13. The minimum Gasteiger partial charge on any atom is -0.496 e. The molecule has 0 aromatic heterocycles. The number of aliphatic imine (C=N–C) groups is 1. The zero-order valence-electron chi connectivity index (χ0n) is 15.4. The first-order valence-electron chi connectivity index (χ1n) is 8.12. The smallest absolute Gasteiger partial charge is 0.165 e. The number of anilines is 1. The van der Waals surface area contributed by atoms with Gasteiger partial charge >= 0.3 is 0 Å². The normalized spacial score (nSPS) is 12.0. The minimum absolute atomic E-state index is 0.119. The number of nitrogens with zero attached hydrogens (tertiary/aromatic N) is 1. The first kappa shape index (κ1) is 21.8. The minimum atomic E-state index is -0.804. The number of methoxy groups -OCH3 is 1. The summed E-state index contributed by atoms with van der Waals surface area (Å²) in [5, 5.41) is 3.54. The summed E-state index contributed by atoms with van der Waals surface area (Å²) in [4.78, 5) is 4.19. The molecule has 148 valence electrons. The van der Waals surface area contributed by atoms with Gasteiger partial charge in [-0.05, 0) is 42.2 Å². The summed E-state index contributed by atoms with van der Waals surface area (Å²) in [5.74, 6) is -0.270. The largest absolute Gasteiger partial charge is 0.496 e. The van der Waals surface area contributed by atoms with Crippen LogP contribution < -0.4 is 15.8 Å². The Labute approximate surface area is 172 Å². The molecule has 8 heteroatoms. The van der Waals surface area contributed by atoms with Gasteiger partial charge in [-0.15, -0.1) is 0 Å². The van der Waals surface area contributed by atoms with Gasteiger partial charge in [-0.2, -0.15) is 11.8 Å². The van der Waals surface area contributed by atoms with Crippen LogP contribution in [0.15, 0.2) is 65.8 Å². The lowest BCUT2D eigenvalue weighted by Crippen LogP contribution is -2.09. The molecular weight excluding hydrogens is 404 g/mol. The van der Waals surface area contributed by atoms with Crippen molar-refractivity contribution in [3.05, 3.63) is 82.8 Å². The highest BCUT2D eigenvalue weighted by atomic mass is 35.5. The van der Waals surface area contributed by atoms with Crippen LogP contribution in [0.2, 0.25) is 5.02 Å². The number of nitrogens with two attached hydrogens (primary N) is 1. The highest BCUT2D eigenvalue weighted by Crippen LogP contribution is 2.26. The number of thioether (sulfide) groups is 1. The van der Waals surface area contributed by atoms with E-state index in [0.29, 0.717) is 10.7 Å². The third-order valence-electron chi connectivity index (χ3n) is 3.60. The van der Waals surface area contributed by atoms with Crippen molar-refractivity contribution in [3.63, 3.8) is 0 Å². The van der Waals surface area contributed by atoms with Gasteiger partial charge in [-0.3, -0.25) is 0 Å². The highest BCUT2D eigenvalue weighted by molar-refractivity contribution is 7.97. The molecule has 0 bridgehead atoms. The molecule has 0 saturated carbocycles. The molecule has 0 spiro atoms. The van der Waals surface area contributed by atoms with E-state index in [0.717, 1.165) is 23.6 Å². The molecule has 0 unspecified atom stereocenters. The zero-order chi connectivity index (χ0) is 20.7. The van der Waals surface area contributed by atoms with Crippen molar-refractivity contribution >= 4 is 34.8 Å². The first-order chi connectivity index (χ1) is 13.4. The number of hydrogen-bond acceptors (Lipinski definition) is 5. The van der Waals surface area contributed by atoms with E-state index < -0.39 is 11.6 Å². The van der Waals surface area contributed by atoms with Crippen molar-refractivity contribution in [2.24, 2.45) is 10.7 Å². The van der Waals surface area contributed by atoms with E-state index in [1.165, 1.54) is 19.2 Å². The van der Waals surface area contributed by atoms with Crippen molar-refractivity contribution in [1.29, 1.82) is 0 Å². The van der Waals surface area contributed by atoms with Crippen LogP contribution in [0, 0.1) is 5.82 Å². The molecule has 0 atom stereocenters. The van der Waals surface area contributed by atoms with Crippen molar-refractivity contribution in [2.75, 3.05) is 18.7 Å². The molecule has 0 aliphatic rings. The average molecular weight is 424 g/mol. The Balaban J connectivity index is 2.39. The van der Waals surface area contributed by atoms with Gasteiger partial charge < -0.3 is 15.8 Å². The quantitative estimate of drug-likeness (QED) is 0.551. The number of rotatable bonds is 8. The van der Waals surface area contributed by atoms with Gasteiger partial charge in [0.15, 0.2) is 5.83 Å². The van der Waals surface area contributed by atoms with Gasteiger partial charge in [0.05, 0.1) is 7.11 Å². The summed E-state index contributed by atoms with van der Waals surface area (Å²) < 4.78 is 33.0. The van der Waals surface area contributed by atoms with Crippen LogP contribution in [0.3, 0.4) is 0 Å². The van der Waals surface area contributed by atoms with E-state index in [-0.39, 0.29) is 22.8 Å². The van der Waals surface area contributed by atoms with Gasteiger partial charge in [-0.1, -0.05) is 18.2 Å². The molecule has 2 aromatic rings. The molecular formula is C20H20ClF2N3OS. The fourth-order valence-corrected chi connectivity index (χ4v) is 3.24. The zero-order valence-corrected chi connectivity index (χ0v) is 17.0. The Bertz CT molecular complexity index is 932. The standard InChI is InChI=1S/C20H20ClF2N3OS/c1-12(25-16-7-13(11-28-3)6-14(21)8-16)26-20(18(23)10-24)17-5-4-15(22)9-19(17)27-2/h4-10,25H,1,11,24H2,2-3H3/b18-10+,26-20-. The average Bonchev–Trinajstić information content (AvgIpc) is 2.65. The van der Waals surface area contributed by atoms with Crippen molar-refractivity contribution in [1.82, 2.24) is 0 Å². The first-order valence-corrected chi connectivity index (χ1v) is 9.89. The Kier molecular flexibility index (Phi) is 7.90. The summed E-state index contributed by atoms with van der Waals surface area (Å²) in [7, 11) is 1.35. The third-order valence-corrected chi connectivity index (χ3v) is 4.44. The molecule has 0 aliphatic carbocycles. The molecule has 2 aromatic carbocycles. The highest BCUT2D eigenvalue weighted by Gasteiger charge is 2.16. The lowest BCUT2D eigenvalue weighted by molar-refractivity contribution is 0.410. The van der Waals surface area contributed by atoms with Crippen LogP contribution in [0.1, 0.15) is 11.1 Å². The molecule has 2 rings (SSSR count). The number of hydrogen-bond donors (Lipinski definition) is 2. The maximum atomic E-state index is 14.4. The van der Waals surface area contributed by atoms with Gasteiger partial charge in [0.1, 0.15) is 23.1 Å². The maximum Gasteiger partial charge on any atom is 0.165 e. The number of ether oxygens (including phenoxy) is 1. The summed E-state index contributed by atoms with van der Waals surface area (Å²) in [6, 6.07) is 9.14. The molecule has 0 heterocycles. The summed E-state index contributed by atoms with van der Waals surface area (Å²) in [5.41, 5.74) is 7.11. The SMILES string of the molecule is C=C(/N=C(\C(F)=C/N)c1ccc(F)cc1OC)Nc1cc(Cl)cc(CSC)c1. The second-order valence-electron chi connectivity index (χ2n) is 5.67. The lowest BCUT2D eigenvalue weighted by atomic mass is 10.1. The number of allylic oxidation sites excluding steroid dienone is 1. The predicted molar refractivity (Wildman–Crippen MR) is 114 cm³/mol. The number of halogens is 3. The van der Waals surface area contributed by atoms with Crippen LogP contribution in [-0.2, 0) is 5.75 Å². The van der Waals surface area contributed by atoms with E-state index >= 15 is 0 Å². The van der Waals surface area contributed by atoms with Crippen LogP contribution in [0.25, 0.3) is 0 Å². The second kappa shape index (κ2) is 10.1. The van der Waals surface area contributed by atoms with Crippen LogP contribution in [0.4, 0.5) is 14.5 Å². The molecule has 0 radical (unpaired) electrons. The molecule has 4 nitrogen and oxygen atoms in total. The summed E-state index contributed by atoms with van der Waals surface area (Å²) in [6.45, 7) is 3.81. The van der Waals surface area contributed by atoms with Crippen LogP contribution in [0.5, 0.6) is 5.75 Å². The Hall–Kier alpha value is -2.51.